The molecule has 112 valence electrons. The minimum atomic E-state index is 0.329. The van der Waals surface area contributed by atoms with Crippen molar-refractivity contribution in [3.05, 3.63) is 30.0 Å². The van der Waals surface area contributed by atoms with E-state index in [0.29, 0.717) is 6.10 Å². The summed E-state index contributed by atoms with van der Waals surface area (Å²) in [5, 5.41) is 11.8. The summed E-state index contributed by atoms with van der Waals surface area (Å²) in [4.78, 5) is 2.59. The third-order valence-corrected chi connectivity index (χ3v) is 4.44. The molecule has 1 aromatic carbocycles. The molecule has 2 aromatic rings. The first-order valence-electron chi connectivity index (χ1n) is 7.87. The van der Waals surface area contributed by atoms with Gasteiger partial charge in [-0.15, -0.1) is 0 Å². The Labute approximate surface area is 124 Å². The third kappa shape index (κ3) is 3.10. The molecule has 1 aromatic heterocycles. The minimum absolute atomic E-state index is 0.329. The van der Waals surface area contributed by atoms with Gasteiger partial charge in [-0.05, 0) is 24.5 Å². The van der Waals surface area contributed by atoms with Crippen molar-refractivity contribution in [3.8, 4) is 0 Å². The summed E-state index contributed by atoms with van der Waals surface area (Å²) in [5.41, 5.74) is 2.38. The first-order valence-corrected chi connectivity index (χ1v) is 7.87. The lowest BCUT2D eigenvalue weighted by atomic mass is 10.1. The van der Waals surface area contributed by atoms with Crippen LogP contribution >= 0.6 is 0 Å². The van der Waals surface area contributed by atoms with Crippen molar-refractivity contribution >= 4 is 10.9 Å². The zero-order valence-electron chi connectivity index (χ0n) is 12.2. The van der Waals surface area contributed by atoms with Crippen LogP contribution in [-0.4, -0.2) is 53.5 Å². The smallest absolute Gasteiger partial charge is 0.0826 e. The lowest BCUT2D eigenvalue weighted by molar-refractivity contribution is -0.0301. The van der Waals surface area contributed by atoms with E-state index in [9.17, 15) is 0 Å². The molecule has 2 aliphatic rings. The van der Waals surface area contributed by atoms with Crippen LogP contribution in [-0.2, 0) is 11.3 Å². The summed E-state index contributed by atoms with van der Waals surface area (Å²) >= 11 is 0. The standard InChI is InChI=1S/C16H22N4O/c1-2-13-9-18-19-16(13)7-12(1)8-17-10-15-11-20(5-6-21-15)14-3-4-14/h1-2,7,9,14-15,17H,3-6,8,10-11H2,(H,18,19)/t15-/m1/s1. The number of morpholine rings is 1. The molecule has 1 saturated heterocycles. The number of aromatic nitrogens is 2. The fourth-order valence-electron chi connectivity index (χ4n) is 3.11. The molecule has 4 rings (SSSR count). The first-order chi connectivity index (χ1) is 10.4. The van der Waals surface area contributed by atoms with E-state index in [1.54, 1.807) is 0 Å². The van der Waals surface area contributed by atoms with Crippen LogP contribution in [0.2, 0.25) is 0 Å². The molecule has 21 heavy (non-hydrogen) atoms. The number of fused-ring (bicyclic) bond motifs is 1. The van der Waals surface area contributed by atoms with E-state index in [4.69, 9.17) is 4.74 Å². The average Bonchev–Trinajstić information content (AvgIpc) is 3.26. The maximum atomic E-state index is 5.86. The Morgan fingerprint density at radius 1 is 1.38 bits per heavy atom. The van der Waals surface area contributed by atoms with Gasteiger partial charge in [0.2, 0.25) is 0 Å². The van der Waals surface area contributed by atoms with Gasteiger partial charge >= 0.3 is 0 Å². The van der Waals surface area contributed by atoms with Crippen LogP contribution in [0.25, 0.3) is 10.9 Å². The highest BCUT2D eigenvalue weighted by Gasteiger charge is 2.32. The molecule has 5 heteroatoms. The Bertz CT molecular complexity index is 607. The Morgan fingerprint density at radius 2 is 2.33 bits per heavy atom. The van der Waals surface area contributed by atoms with Gasteiger partial charge in [0.1, 0.15) is 0 Å². The fourth-order valence-corrected chi connectivity index (χ4v) is 3.11. The predicted molar refractivity (Wildman–Crippen MR) is 82.1 cm³/mol. The highest BCUT2D eigenvalue weighted by atomic mass is 16.5. The van der Waals surface area contributed by atoms with Gasteiger partial charge in [-0.3, -0.25) is 10.00 Å². The van der Waals surface area contributed by atoms with Crippen molar-refractivity contribution in [1.82, 2.24) is 20.4 Å². The van der Waals surface area contributed by atoms with Crippen LogP contribution < -0.4 is 5.32 Å². The summed E-state index contributed by atoms with van der Waals surface area (Å²) in [6, 6.07) is 7.28. The number of H-pyrrole nitrogens is 1. The highest BCUT2D eigenvalue weighted by molar-refractivity contribution is 5.78. The van der Waals surface area contributed by atoms with E-state index < -0.39 is 0 Å². The molecule has 1 atom stereocenters. The summed E-state index contributed by atoms with van der Waals surface area (Å²) in [6.45, 7) is 4.86. The van der Waals surface area contributed by atoms with Crippen LogP contribution in [0.4, 0.5) is 0 Å². The Hall–Kier alpha value is -1.43. The molecule has 0 spiro atoms. The maximum absolute atomic E-state index is 5.86. The number of hydrogen-bond acceptors (Lipinski definition) is 4. The Kier molecular flexibility index (Phi) is 3.63. The zero-order valence-corrected chi connectivity index (χ0v) is 12.2. The number of hydrogen-bond donors (Lipinski definition) is 2. The van der Waals surface area contributed by atoms with Crippen molar-refractivity contribution < 1.29 is 4.74 Å². The van der Waals surface area contributed by atoms with Crippen LogP contribution in [0.15, 0.2) is 24.4 Å². The SMILES string of the molecule is c1cc2cn[nH]c2cc1CNC[C@@H]1CN(C2CC2)CCO1. The monoisotopic (exact) mass is 286 g/mol. The number of rotatable bonds is 5. The normalized spacial score (nSPS) is 23.7. The van der Waals surface area contributed by atoms with E-state index in [1.165, 1.54) is 18.4 Å². The molecule has 5 nitrogen and oxygen atoms in total. The summed E-state index contributed by atoms with van der Waals surface area (Å²) in [7, 11) is 0. The van der Waals surface area contributed by atoms with Crippen LogP contribution in [0.5, 0.6) is 0 Å². The molecule has 1 aliphatic heterocycles. The van der Waals surface area contributed by atoms with Crippen molar-refractivity contribution in [2.75, 3.05) is 26.2 Å². The molecule has 0 unspecified atom stereocenters. The quantitative estimate of drug-likeness (QED) is 0.875. The van der Waals surface area contributed by atoms with Gasteiger partial charge < -0.3 is 10.1 Å². The van der Waals surface area contributed by atoms with Crippen molar-refractivity contribution in [1.29, 1.82) is 0 Å². The largest absolute Gasteiger partial charge is 0.374 e. The van der Waals surface area contributed by atoms with Crippen molar-refractivity contribution in [2.45, 2.75) is 31.5 Å². The topological polar surface area (TPSA) is 53.2 Å². The molecule has 0 radical (unpaired) electrons. The number of aromatic amines is 1. The second-order valence-electron chi connectivity index (χ2n) is 6.14. The summed E-state index contributed by atoms with van der Waals surface area (Å²) < 4.78 is 5.86. The fraction of sp³-hybridized carbons (Fsp3) is 0.562. The van der Waals surface area contributed by atoms with Gasteiger partial charge in [0, 0.05) is 37.6 Å². The average molecular weight is 286 g/mol. The number of nitrogens with one attached hydrogen (secondary N) is 2. The maximum Gasteiger partial charge on any atom is 0.0826 e. The molecule has 0 amide bonds. The van der Waals surface area contributed by atoms with Crippen LogP contribution in [0.3, 0.4) is 0 Å². The van der Waals surface area contributed by atoms with Gasteiger partial charge in [0.05, 0.1) is 24.4 Å². The molecule has 2 N–H and O–H groups in total. The lowest BCUT2D eigenvalue weighted by Gasteiger charge is -2.33. The van der Waals surface area contributed by atoms with Gasteiger partial charge in [-0.25, -0.2) is 0 Å². The summed E-state index contributed by atoms with van der Waals surface area (Å²) in [5.74, 6) is 0. The van der Waals surface area contributed by atoms with Crippen LogP contribution in [0, 0.1) is 0 Å². The molecule has 2 fully saturated rings. The third-order valence-electron chi connectivity index (χ3n) is 4.44. The molecule has 0 bridgehead atoms. The number of ether oxygens (including phenoxy) is 1. The summed E-state index contributed by atoms with van der Waals surface area (Å²) in [6.07, 6.45) is 4.94. The van der Waals surface area contributed by atoms with E-state index in [1.807, 2.05) is 6.20 Å². The minimum Gasteiger partial charge on any atom is -0.374 e. The van der Waals surface area contributed by atoms with Gasteiger partial charge in [-0.1, -0.05) is 12.1 Å². The van der Waals surface area contributed by atoms with Crippen LogP contribution in [0.1, 0.15) is 18.4 Å². The zero-order chi connectivity index (χ0) is 14.1. The van der Waals surface area contributed by atoms with E-state index in [-0.39, 0.29) is 0 Å². The van der Waals surface area contributed by atoms with Gasteiger partial charge in [0.15, 0.2) is 0 Å². The van der Waals surface area contributed by atoms with E-state index >= 15 is 0 Å². The Morgan fingerprint density at radius 3 is 3.24 bits per heavy atom. The van der Waals surface area contributed by atoms with Crippen molar-refractivity contribution in [3.63, 3.8) is 0 Å². The second-order valence-corrected chi connectivity index (χ2v) is 6.14. The molecular formula is C16H22N4O. The van der Waals surface area contributed by atoms with E-state index in [2.05, 4.69) is 38.6 Å². The number of benzene rings is 1. The Balaban J connectivity index is 1.28. The highest BCUT2D eigenvalue weighted by Crippen LogP contribution is 2.28. The molecular weight excluding hydrogens is 264 g/mol. The predicted octanol–water partition coefficient (Wildman–Crippen LogP) is 1.52. The molecule has 1 aliphatic carbocycles. The van der Waals surface area contributed by atoms with Gasteiger partial charge in [0.25, 0.3) is 0 Å². The van der Waals surface area contributed by atoms with E-state index in [0.717, 1.165) is 49.7 Å². The first kappa shape index (κ1) is 13.2. The second kappa shape index (κ2) is 5.75. The van der Waals surface area contributed by atoms with Gasteiger partial charge in [-0.2, -0.15) is 5.10 Å². The van der Waals surface area contributed by atoms with Crippen molar-refractivity contribution in [2.24, 2.45) is 0 Å². The lowest BCUT2D eigenvalue weighted by Crippen LogP contribution is -2.47. The molecule has 2 heterocycles. The number of nitrogens with zero attached hydrogens (tertiary/aromatic N) is 2. The molecule has 1 saturated carbocycles.